The molecule has 0 fully saturated rings. The number of nitrogens with zero attached hydrogens (tertiary/aromatic N) is 1. The Morgan fingerprint density at radius 3 is 2.78 bits per heavy atom. The molecule has 4 heteroatoms. The number of anilines is 1. The van der Waals surface area contributed by atoms with Crippen LogP contribution in [0.3, 0.4) is 0 Å². The third-order valence-electron chi connectivity index (χ3n) is 3.20. The minimum absolute atomic E-state index is 0.555. The van der Waals surface area contributed by atoms with E-state index in [9.17, 15) is 0 Å². The number of fused-ring (bicyclic) bond motifs is 1. The van der Waals surface area contributed by atoms with Crippen LogP contribution >= 0.6 is 0 Å². The Hall–Kier alpha value is -1.65. The molecule has 0 aliphatic rings. The molecular weight excluding hydrogens is 226 g/mol. The zero-order valence-corrected chi connectivity index (χ0v) is 11.1. The number of para-hydroxylation sites is 1. The molecule has 0 unspecified atom stereocenters. The van der Waals surface area contributed by atoms with Gasteiger partial charge in [0, 0.05) is 23.8 Å². The first-order valence-corrected chi connectivity index (χ1v) is 6.09. The van der Waals surface area contributed by atoms with E-state index in [4.69, 9.17) is 15.6 Å². The molecule has 3 N–H and O–H groups in total. The van der Waals surface area contributed by atoms with E-state index in [1.165, 1.54) is 5.56 Å². The van der Waals surface area contributed by atoms with Crippen molar-refractivity contribution in [2.75, 3.05) is 12.5 Å². The molecule has 0 aliphatic heterocycles. The molecule has 0 saturated carbocycles. The topological polar surface area (TPSA) is 60.2 Å². The number of methoxy groups -OCH3 is 1. The number of nitrogen functional groups attached to an aromatic ring is 1. The fraction of sp³-hybridized carbons (Fsp3) is 0.357. The second kappa shape index (κ2) is 5.33. The lowest BCUT2D eigenvalue weighted by Crippen LogP contribution is -2.12. The molecule has 96 valence electrons. The third kappa shape index (κ3) is 2.05. The van der Waals surface area contributed by atoms with Crippen LogP contribution in [0.5, 0.6) is 0 Å². The zero-order valence-electron chi connectivity index (χ0n) is 11.1. The molecule has 0 spiro atoms. The van der Waals surface area contributed by atoms with Crippen molar-refractivity contribution < 1.29 is 4.74 Å². The van der Waals surface area contributed by atoms with E-state index < -0.39 is 0 Å². The van der Waals surface area contributed by atoms with Crippen LogP contribution in [0, 0.1) is 6.92 Å². The SMILES string of the molecule is CCc1c(C)nc2c(COC)cccc2c1NN. The molecular formula is C14H19N3O. The van der Waals surface area contributed by atoms with Gasteiger partial charge in [0.25, 0.3) is 0 Å². The van der Waals surface area contributed by atoms with Gasteiger partial charge in [0.15, 0.2) is 0 Å². The van der Waals surface area contributed by atoms with E-state index >= 15 is 0 Å². The molecule has 2 rings (SSSR count). The van der Waals surface area contributed by atoms with E-state index in [2.05, 4.69) is 12.3 Å². The molecule has 18 heavy (non-hydrogen) atoms. The third-order valence-corrected chi connectivity index (χ3v) is 3.20. The number of benzene rings is 1. The number of nitrogens with two attached hydrogens (primary N) is 1. The lowest BCUT2D eigenvalue weighted by Gasteiger charge is -2.15. The van der Waals surface area contributed by atoms with E-state index in [1.807, 2.05) is 25.1 Å². The first kappa shape index (κ1) is 12.8. The van der Waals surface area contributed by atoms with Crippen LogP contribution in [0.25, 0.3) is 10.9 Å². The van der Waals surface area contributed by atoms with Crippen LogP contribution in [-0.2, 0) is 17.8 Å². The van der Waals surface area contributed by atoms with Crippen LogP contribution < -0.4 is 11.3 Å². The maximum Gasteiger partial charge on any atom is 0.0781 e. The Bertz CT molecular complexity index is 566. The maximum atomic E-state index is 5.68. The number of nitrogens with one attached hydrogen (secondary N) is 1. The highest BCUT2D eigenvalue weighted by molar-refractivity contribution is 5.95. The number of aromatic nitrogens is 1. The van der Waals surface area contributed by atoms with Gasteiger partial charge in [-0.15, -0.1) is 0 Å². The van der Waals surface area contributed by atoms with Crippen molar-refractivity contribution in [1.29, 1.82) is 0 Å². The maximum absolute atomic E-state index is 5.68. The first-order chi connectivity index (χ1) is 8.72. The van der Waals surface area contributed by atoms with Crippen molar-refractivity contribution >= 4 is 16.6 Å². The van der Waals surface area contributed by atoms with Gasteiger partial charge in [-0.1, -0.05) is 25.1 Å². The van der Waals surface area contributed by atoms with E-state index in [0.717, 1.165) is 34.3 Å². The fourth-order valence-electron chi connectivity index (χ4n) is 2.37. The van der Waals surface area contributed by atoms with Gasteiger partial charge in [0.1, 0.15) is 0 Å². The molecule has 2 aromatic rings. The molecule has 0 aliphatic carbocycles. The molecule has 0 saturated heterocycles. The highest BCUT2D eigenvalue weighted by Gasteiger charge is 2.12. The number of rotatable bonds is 4. The summed E-state index contributed by atoms with van der Waals surface area (Å²) in [4.78, 5) is 4.70. The number of ether oxygens (including phenoxy) is 1. The molecule has 1 aromatic carbocycles. The van der Waals surface area contributed by atoms with Crippen molar-refractivity contribution in [3.8, 4) is 0 Å². The van der Waals surface area contributed by atoms with Crippen LogP contribution in [0.4, 0.5) is 5.69 Å². The Labute approximate surface area is 107 Å². The largest absolute Gasteiger partial charge is 0.380 e. The van der Waals surface area contributed by atoms with Crippen LogP contribution in [0.2, 0.25) is 0 Å². The van der Waals surface area contributed by atoms with Gasteiger partial charge < -0.3 is 10.2 Å². The van der Waals surface area contributed by atoms with Gasteiger partial charge in [-0.05, 0) is 18.9 Å². The van der Waals surface area contributed by atoms with E-state index in [1.54, 1.807) is 7.11 Å². The minimum atomic E-state index is 0.555. The molecule has 0 amide bonds. The zero-order chi connectivity index (χ0) is 13.1. The molecule has 0 atom stereocenters. The summed E-state index contributed by atoms with van der Waals surface area (Å²) in [6.07, 6.45) is 0.906. The van der Waals surface area contributed by atoms with Crippen molar-refractivity contribution in [3.05, 3.63) is 35.0 Å². The second-order valence-corrected chi connectivity index (χ2v) is 4.29. The lowest BCUT2D eigenvalue weighted by atomic mass is 10.0. The highest BCUT2D eigenvalue weighted by Crippen LogP contribution is 2.30. The standard InChI is InChI=1S/C14H19N3O/c1-4-11-9(2)16-13-10(8-18-3)6-5-7-12(13)14(11)17-15/h5-7H,4,8,15H2,1-3H3,(H,16,17). The average molecular weight is 245 g/mol. The smallest absolute Gasteiger partial charge is 0.0781 e. The molecule has 0 radical (unpaired) electrons. The Kier molecular flexibility index (Phi) is 3.79. The van der Waals surface area contributed by atoms with Crippen molar-refractivity contribution in [1.82, 2.24) is 4.98 Å². The summed E-state index contributed by atoms with van der Waals surface area (Å²) < 4.78 is 5.21. The van der Waals surface area contributed by atoms with Crippen LogP contribution in [-0.4, -0.2) is 12.1 Å². The molecule has 1 heterocycles. The summed E-state index contributed by atoms with van der Waals surface area (Å²) in [5.41, 5.74) is 8.01. The summed E-state index contributed by atoms with van der Waals surface area (Å²) in [7, 11) is 1.69. The van der Waals surface area contributed by atoms with Gasteiger partial charge >= 0.3 is 0 Å². The van der Waals surface area contributed by atoms with Crippen LogP contribution in [0.15, 0.2) is 18.2 Å². The van der Waals surface area contributed by atoms with Crippen molar-refractivity contribution in [3.63, 3.8) is 0 Å². The predicted molar refractivity (Wildman–Crippen MR) is 74.4 cm³/mol. The Balaban J connectivity index is 2.78. The molecule has 0 bridgehead atoms. The van der Waals surface area contributed by atoms with Crippen molar-refractivity contribution in [2.24, 2.45) is 5.84 Å². The summed E-state index contributed by atoms with van der Waals surface area (Å²) in [6.45, 7) is 4.68. The number of hydrogen-bond acceptors (Lipinski definition) is 4. The monoisotopic (exact) mass is 245 g/mol. The Morgan fingerprint density at radius 1 is 1.39 bits per heavy atom. The van der Waals surface area contributed by atoms with E-state index in [-0.39, 0.29) is 0 Å². The normalized spacial score (nSPS) is 10.9. The summed E-state index contributed by atoms with van der Waals surface area (Å²) >= 11 is 0. The lowest BCUT2D eigenvalue weighted by molar-refractivity contribution is 0.186. The summed E-state index contributed by atoms with van der Waals surface area (Å²) in [5, 5.41) is 1.05. The number of aryl methyl sites for hydroxylation is 1. The highest BCUT2D eigenvalue weighted by atomic mass is 16.5. The molecule has 1 aromatic heterocycles. The second-order valence-electron chi connectivity index (χ2n) is 4.29. The summed E-state index contributed by atoms with van der Waals surface area (Å²) in [5.74, 6) is 5.68. The van der Waals surface area contributed by atoms with Gasteiger partial charge in [-0.3, -0.25) is 10.8 Å². The fourth-order valence-corrected chi connectivity index (χ4v) is 2.37. The quantitative estimate of drug-likeness (QED) is 0.642. The van der Waals surface area contributed by atoms with Crippen LogP contribution in [0.1, 0.15) is 23.7 Å². The van der Waals surface area contributed by atoms with Gasteiger partial charge in [-0.25, -0.2) is 0 Å². The number of hydrogen-bond donors (Lipinski definition) is 2. The van der Waals surface area contributed by atoms with Gasteiger partial charge in [-0.2, -0.15) is 0 Å². The number of pyridine rings is 1. The van der Waals surface area contributed by atoms with E-state index in [0.29, 0.717) is 6.61 Å². The summed E-state index contributed by atoms with van der Waals surface area (Å²) in [6, 6.07) is 6.08. The predicted octanol–water partition coefficient (Wildman–Crippen LogP) is 2.54. The number of hydrazine groups is 1. The minimum Gasteiger partial charge on any atom is -0.380 e. The Morgan fingerprint density at radius 2 is 2.17 bits per heavy atom. The van der Waals surface area contributed by atoms with Gasteiger partial charge in [0.2, 0.25) is 0 Å². The average Bonchev–Trinajstić information content (AvgIpc) is 2.38. The van der Waals surface area contributed by atoms with Crippen molar-refractivity contribution in [2.45, 2.75) is 26.9 Å². The molecule has 4 nitrogen and oxygen atoms in total. The first-order valence-electron chi connectivity index (χ1n) is 6.09. The van der Waals surface area contributed by atoms with Gasteiger partial charge in [0.05, 0.1) is 17.8 Å².